The van der Waals surface area contributed by atoms with Crippen molar-refractivity contribution in [3.63, 3.8) is 0 Å². The van der Waals surface area contributed by atoms with Gasteiger partial charge in [0, 0.05) is 10.7 Å². The Kier molecular flexibility index (Phi) is 4.52. The quantitative estimate of drug-likeness (QED) is 0.435. The van der Waals surface area contributed by atoms with Crippen LogP contribution < -0.4 is 15.1 Å². The maximum Gasteiger partial charge on any atom is 0.295 e. The average Bonchev–Trinajstić information content (AvgIpc) is 3.07. The number of rotatable bonds is 3. The predicted octanol–water partition coefficient (Wildman–Crippen LogP) is 5.34. The van der Waals surface area contributed by atoms with Gasteiger partial charge in [0.25, 0.3) is 5.91 Å². The zero-order chi connectivity index (χ0) is 21.7. The van der Waals surface area contributed by atoms with Crippen molar-refractivity contribution in [3.8, 4) is 5.75 Å². The summed E-state index contributed by atoms with van der Waals surface area (Å²) in [6, 6.07) is 16.5. The highest BCUT2D eigenvalue weighted by molar-refractivity contribution is 6.31. The van der Waals surface area contributed by atoms with Crippen LogP contribution in [0.1, 0.15) is 27.7 Å². The first-order valence-electron chi connectivity index (χ1n) is 9.47. The van der Waals surface area contributed by atoms with Crippen LogP contribution >= 0.6 is 11.6 Å². The minimum atomic E-state index is -0.751. The summed E-state index contributed by atoms with van der Waals surface area (Å²) < 4.78 is 24.6. The van der Waals surface area contributed by atoms with E-state index in [0.717, 1.165) is 0 Å². The van der Waals surface area contributed by atoms with Crippen molar-refractivity contribution in [2.24, 2.45) is 0 Å². The van der Waals surface area contributed by atoms with E-state index in [1.807, 2.05) is 0 Å². The summed E-state index contributed by atoms with van der Waals surface area (Å²) in [7, 11) is 1.55. The standard InChI is InChI=1S/C24H15ClFNO4/c1-30-17-9-2-13(3-10-17)21-20-22(28)18-12-14(25)4-11-19(18)31-23(20)24(29)27(21)16-7-5-15(26)6-8-16/h2-12,21H,1H3. The highest BCUT2D eigenvalue weighted by atomic mass is 35.5. The second kappa shape index (κ2) is 7.25. The molecule has 5 nitrogen and oxygen atoms in total. The van der Waals surface area contributed by atoms with E-state index in [1.165, 1.54) is 35.2 Å². The van der Waals surface area contributed by atoms with Crippen LogP contribution in [-0.4, -0.2) is 13.0 Å². The molecular formula is C24H15ClFNO4. The topological polar surface area (TPSA) is 59.8 Å². The van der Waals surface area contributed by atoms with Crippen LogP contribution in [-0.2, 0) is 0 Å². The molecule has 154 valence electrons. The molecule has 0 saturated heterocycles. The van der Waals surface area contributed by atoms with Gasteiger partial charge in [-0.2, -0.15) is 0 Å². The number of fused-ring (bicyclic) bond motifs is 2. The summed E-state index contributed by atoms with van der Waals surface area (Å²) in [5, 5.41) is 0.680. The lowest BCUT2D eigenvalue weighted by molar-refractivity contribution is 0.0971. The van der Waals surface area contributed by atoms with Crippen molar-refractivity contribution in [1.82, 2.24) is 0 Å². The summed E-state index contributed by atoms with van der Waals surface area (Å²) in [5.41, 5.74) is 1.29. The Hall–Kier alpha value is -3.64. The molecule has 3 aromatic carbocycles. The van der Waals surface area contributed by atoms with E-state index in [-0.39, 0.29) is 22.3 Å². The maximum absolute atomic E-state index is 13.5. The molecular weight excluding hydrogens is 421 g/mol. The third-order valence-corrected chi connectivity index (χ3v) is 5.60. The summed E-state index contributed by atoms with van der Waals surface area (Å²) in [6.07, 6.45) is 0. The van der Waals surface area contributed by atoms with Crippen molar-refractivity contribution in [2.75, 3.05) is 12.0 Å². The number of halogens is 2. The van der Waals surface area contributed by atoms with Crippen molar-refractivity contribution in [3.05, 3.63) is 105 Å². The molecule has 0 fully saturated rings. The number of anilines is 1. The molecule has 0 radical (unpaired) electrons. The fraction of sp³-hybridized carbons (Fsp3) is 0.0833. The van der Waals surface area contributed by atoms with E-state index < -0.39 is 17.8 Å². The minimum Gasteiger partial charge on any atom is -0.497 e. The predicted molar refractivity (Wildman–Crippen MR) is 116 cm³/mol. The lowest BCUT2D eigenvalue weighted by atomic mass is 9.98. The highest BCUT2D eigenvalue weighted by Crippen LogP contribution is 2.41. The molecule has 0 bridgehead atoms. The summed E-state index contributed by atoms with van der Waals surface area (Å²) in [5.74, 6) is -0.302. The van der Waals surface area contributed by atoms with E-state index in [9.17, 15) is 14.0 Å². The number of hydrogen-bond acceptors (Lipinski definition) is 4. The smallest absolute Gasteiger partial charge is 0.295 e. The molecule has 31 heavy (non-hydrogen) atoms. The van der Waals surface area contributed by atoms with Crippen molar-refractivity contribution < 1.29 is 18.3 Å². The Morgan fingerprint density at radius 3 is 2.39 bits per heavy atom. The van der Waals surface area contributed by atoms with Crippen LogP contribution in [0.4, 0.5) is 10.1 Å². The van der Waals surface area contributed by atoms with Crippen LogP contribution in [0.2, 0.25) is 5.02 Å². The average molecular weight is 436 g/mol. The lowest BCUT2D eigenvalue weighted by Gasteiger charge is -2.25. The molecule has 1 unspecified atom stereocenters. The fourth-order valence-corrected chi connectivity index (χ4v) is 4.09. The first kappa shape index (κ1) is 19.3. The van der Waals surface area contributed by atoms with Crippen molar-refractivity contribution >= 4 is 34.2 Å². The molecule has 1 aromatic heterocycles. The molecule has 1 amide bonds. The number of methoxy groups -OCH3 is 1. The van der Waals surface area contributed by atoms with Gasteiger partial charge in [0.15, 0.2) is 5.43 Å². The zero-order valence-electron chi connectivity index (χ0n) is 16.3. The SMILES string of the molecule is COc1ccc(C2c3c(oc4ccc(Cl)cc4c3=O)C(=O)N2c2ccc(F)cc2)cc1. The molecule has 0 aliphatic carbocycles. The minimum absolute atomic E-state index is 0.0371. The Morgan fingerprint density at radius 1 is 1.00 bits per heavy atom. The largest absolute Gasteiger partial charge is 0.497 e. The number of carbonyl (C=O) groups is 1. The molecule has 2 heterocycles. The number of amides is 1. The highest BCUT2D eigenvalue weighted by Gasteiger charge is 2.43. The molecule has 0 spiro atoms. The Bertz CT molecular complexity index is 1380. The number of ether oxygens (including phenoxy) is 1. The number of nitrogens with zero attached hydrogens (tertiary/aromatic N) is 1. The molecule has 7 heteroatoms. The van der Waals surface area contributed by atoms with E-state index in [1.54, 1.807) is 43.5 Å². The molecule has 0 saturated carbocycles. The second-order valence-corrected chi connectivity index (χ2v) is 7.58. The molecule has 1 aliphatic heterocycles. The normalized spacial score (nSPS) is 15.4. The van der Waals surface area contributed by atoms with Gasteiger partial charge in [0.2, 0.25) is 5.76 Å². The second-order valence-electron chi connectivity index (χ2n) is 7.14. The van der Waals surface area contributed by atoms with Crippen LogP contribution in [0, 0.1) is 5.82 Å². The van der Waals surface area contributed by atoms with Gasteiger partial charge < -0.3 is 9.15 Å². The molecule has 1 aliphatic rings. The van der Waals surface area contributed by atoms with E-state index >= 15 is 0 Å². The lowest BCUT2D eigenvalue weighted by Crippen LogP contribution is -2.29. The molecule has 1 atom stereocenters. The van der Waals surface area contributed by atoms with Crippen LogP contribution in [0.25, 0.3) is 11.0 Å². The summed E-state index contributed by atoms with van der Waals surface area (Å²) >= 11 is 6.09. The van der Waals surface area contributed by atoms with Crippen LogP contribution in [0.3, 0.4) is 0 Å². The van der Waals surface area contributed by atoms with E-state index in [0.29, 0.717) is 27.4 Å². The number of hydrogen-bond donors (Lipinski definition) is 0. The Labute approximate surface area is 181 Å². The van der Waals surface area contributed by atoms with Gasteiger partial charge in [-0.15, -0.1) is 0 Å². The van der Waals surface area contributed by atoms with E-state index in [4.69, 9.17) is 20.8 Å². The van der Waals surface area contributed by atoms with Gasteiger partial charge >= 0.3 is 0 Å². The van der Waals surface area contributed by atoms with Gasteiger partial charge in [-0.25, -0.2) is 4.39 Å². The third-order valence-electron chi connectivity index (χ3n) is 5.37. The van der Waals surface area contributed by atoms with Gasteiger partial charge in [-0.1, -0.05) is 23.7 Å². The fourth-order valence-electron chi connectivity index (χ4n) is 3.91. The first-order valence-corrected chi connectivity index (χ1v) is 9.85. The Balaban J connectivity index is 1.79. The molecule has 0 N–H and O–H groups in total. The molecule has 5 rings (SSSR count). The van der Waals surface area contributed by atoms with Gasteiger partial charge in [0.1, 0.15) is 17.1 Å². The van der Waals surface area contributed by atoms with Crippen molar-refractivity contribution in [2.45, 2.75) is 6.04 Å². The van der Waals surface area contributed by atoms with Gasteiger partial charge in [-0.3, -0.25) is 14.5 Å². The van der Waals surface area contributed by atoms with Gasteiger partial charge in [-0.05, 0) is 60.2 Å². The maximum atomic E-state index is 13.5. The van der Waals surface area contributed by atoms with Crippen molar-refractivity contribution in [1.29, 1.82) is 0 Å². The molecule has 4 aromatic rings. The van der Waals surface area contributed by atoms with E-state index in [2.05, 4.69) is 0 Å². The van der Waals surface area contributed by atoms with Crippen LogP contribution in [0.5, 0.6) is 5.75 Å². The van der Waals surface area contributed by atoms with Crippen LogP contribution in [0.15, 0.2) is 75.9 Å². The Morgan fingerprint density at radius 2 is 1.71 bits per heavy atom. The number of benzene rings is 3. The summed E-state index contributed by atoms with van der Waals surface area (Å²) in [6.45, 7) is 0. The first-order chi connectivity index (χ1) is 15.0. The van der Waals surface area contributed by atoms with Gasteiger partial charge in [0.05, 0.1) is 24.1 Å². The summed E-state index contributed by atoms with van der Waals surface area (Å²) in [4.78, 5) is 28.3. The third kappa shape index (κ3) is 3.07. The zero-order valence-corrected chi connectivity index (χ0v) is 17.0. The number of carbonyl (C=O) groups excluding carboxylic acids is 1. The monoisotopic (exact) mass is 435 g/mol.